The van der Waals surface area contributed by atoms with Crippen LogP contribution < -0.4 is 11.1 Å². The number of aliphatic carboxylic acids is 1. The smallest absolute Gasteiger partial charge is 0.326 e. The van der Waals surface area contributed by atoms with Crippen LogP contribution in [0.2, 0.25) is 0 Å². The second-order valence-electron chi connectivity index (χ2n) is 15.1. The number of carboxylic acid groups (broad SMARTS) is 1. The molecule has 0 rings (SSSR count). The highest BCUT2D eigenvalue weighted by Gasteiger charge is 2.18. The van der Waals surface area contributed by atoms with Crippen LogP contribution in [0.1, 0.15) is 206 Å². The molecule has 0 saturated carbocycles. The van der Waals surface area contributed by atoms with Gasteiger partial charge in [0.15, 0.2) is 0 Å². The first kappa shape index (κ1) is 52.1. The highest BCUT2D eigenvalue weighted by molar-refractivity contribution is 5.83. The number of amides is 1. The minimum absolute atomic E-state index is 0.103. The van der Waals surface area contributed by atoms with Crippen LogP contribution in [0, 0.1) is 0 Å². The van der Waals surface area contributed by atoms with Gasteiger partial charge in [-0.2, -0.15) is 0 Å². The van der Waals surface area contributed by atoms with Crippen LogP contribution in [-0.2, 0) is 19.1 Å². The number of esters is 1. The van der Waals surface area contributed by atoms with Gasteiger partial charge in [0.25, 0.3) is 0 Å². The van der Waals surface area contributed by atoms with Gasteiger partial charge in [0.05, 0.1) is 0 Å². The van der Waals surface area contributed by atoms with Gasteiger partial charge >= 0.3 is 11.9 Å². The van der Waals surface area contributed by atoms with E-state index in [1.54, 1.807) is 0 Å². The summed E-state index contributed by atoms with van der Waals surface area (Å²) in [5.41, 5.74) is 5.48. The van der Waals surface area contributed by atoms with Crippen LogP contribution in [0.5, 0.6) is 0 Å². The highest BCUT2D eigenvalue weighted by atomic mass is 16.5. The van der Waals surface area contributed by atoms with Crippen LogP contribution in [0.25, 0.3) is 0 Å². The average Bonchev–Trinajstić information content (AvgIpc) is 3.17. The number of hydrogen-bond donors (Lipinski definition) is 3. The molecule has 0 aliphatic carbocycles. The first-order chi connectivity index (χ1) is 26.9. The molecule has 0 aromatic carbocycles. The Morgan fingerprint density at radius 2 is 1.00 bits per heavy atom. The summed E-state index contributed by atoms with van der Waals surface area (Å²) in [5.74, 6) is -1.34. The lowest BCUT2D eigenvalue weighted by Crippen LogP contribution is -2.40. The first-order valence-electron chi connectivity index (χ1n) is 22.6. The molecule has 0 saturated heterocycles. The molecular weight excluding hydrogens is 685 g/mol. The van der Waals surface area contributed by atoms with Crippen molar-refractivity contribution >= 4 is 17.8 Å². The van der Waals surface area contributed by atoms with Crippen molar-refractivity contribution in [1.82, 2.24) is 5.32 Å². The van der Waals surface area contributed by atoms with Gasteiger partial charge in [-0.1, -0.05) is 152 Å². The van der Waals surface area contributed by atoms with E-state index in [-0.39, 0.29) is 18.0 Å². The molecule has 1 amide bonds. The van der Waals surface area contributed by atoms with E-state index in [2.05, 4.69) is 79.9 Å². The summed E-state index contributed by atoms with van der Waals surface area (Å²) in [5, 5.41) is 11.9. The average molecular weight is 769 g/mol. The Balaban J connectivity index is 4.39. The molecule has 7 nitrogen and oxygen atoms in total. The Morgan fingerprint density at radius 1 is 0.545 bits per heavy atom. The number of carboxylic acids is 1. The Bertz CT molecular complexity index is 1050. The molecule has 0 fully saturated rings. The summed E-state index contributed by atoms with van der Waals surface area (Å²) in [7, 11) is 0. The van der Waals surface area contributed by atoms with E-state index in [0.717, 1.165) is 77.0 Å². The van der Waals surface area contributed by atoms with Crippen molar-refractivity contribution in [3.63, 3.8) is 0 Å². The number of rotatable bonds is 40. The third-order valence-electron chi connectivity index (χ3n) is 9.79. The summed E-state index contributed by atoms with van der Waals surface area (Å²) < 4.78 is 5.94. The summed E-state index contributed by atoms with van der Waals surface area (Å²) in [6, 6.07) is -0.869. The Morgan fingerprint density at radius 3 is 1.56 bits per heavy atom. The molecule has 0 radical (unpaired) electrons. The van der Waals surface area contributed by atoms with Crippen LogP contribution in [0.3, 0.4) is 0 Å². The predicted molar refractivity (Wildman–Crippen MR) is 234 cm³/mol. The molecule has 2 unspecified atom stereocenters. The monoisotopic (exact) mass is 769 g/mol. The zero-order valence-corrected chi connectivity index (χ0v) is 35.5. The zero-order chi connectivity index (χ0) is 40.3. The normalized spacial score (nSPS) is 13.2. The van der Waals surface area contributed by atoms with E-state index >= 15 is 0 Å². The lowest BCUT2D eigenvalue weighted by molar-refractivity contribution is -0.147. The second kappa shape index (κ2) is 42.2. The van der Waals surface area contributed by atoms with E-state index in [4.69, 9.17) is 10.5 Å². The fraction of sp³-hybridized carbons (Fsp3) is 0.729. The maximum absolute atomic E-state index is 12.8. The molecule has 2 atom stereocenters. The highest BCUT2D eigenvalue weighted by Crippen LogP contribution is 2.15. The minimum atomic E-state index is -1.01. The van der Waals surface area contributed by atoms with E-state index in [9.17, 15) is 19.5 Å². The molecule has 7 heteroatoms. The summed E-state index contributed by atoms with van der Waals surface area (Å²) in [4.78, 5) is 36.4. The molecule has 0 aromatic rings. The summed E-state index contributed by atoms with van der Waals surface area (Å²) in [6.45, 7) is 4.89. The molecule has 55 heavy (non-hydrogen) atoms. The number of carbonyl (C=O) groups is 3. The molecule has 0 aliphatic rings. The third kappa shape index (κ3) is 39.1. The summed E-state index contributed by atoms with van der Waals surface area (Å²) in [6.07, 6.45) is 52.8. The van der Waals surface area contributed by atoms with Gasteiger partial charge in [-0.15, -0.1) is 0 Å². The van der Waals surface area contributed by atoms with Crippen molar-refractivity contribution in [2.45, 2.75) is 219 Å². The molecule has 4 N–H and O–H groups in total. The summed E-state index contributed by atoms with van der Waals surface area (Å²) >= 11 is 0. The van der Waals surface area contributed by atoms with Gasteiger partial charge in [-0.05, 0) is 109 Å². The van der Waals surface area contributed by atoms with Gasteiger partial charge in [-0.3, -0.25) is 9.59 Å². The van der Waals surface area contributed by atoms with Gasteiger partial charge in [-0.25, -0.2) is 4.79 Å². The molecule has 0 heterocycles. The fourth-order valence-electron chi connectivity index (χ4n) is 6.35. The fourth-order valence-corrected chi connectivity index (χ4v) is 6.35. The first-order valence-corrected chi connectivity index (χ1v) is 22.6. The maximum Gasteiger partial charge on any atom is 0.326 e. The molecule has 0 spiro atoms. The number of ether oxygens (including phenoxy) is 1. The van der Waals surface area contributed by atoms with E-state index in [0.29, 0.717) is 32.2 Å². The van der Waals surface area contributed by atoms with Crippen molar-refractivity contribution in [2.75, 3.05) is 6.54 Å². The van der Waals surface area contributed by atoms with E-state index in [1.165, 1.54) is 89.9 Å². The van der Waals surface area contributed by atoms with Crippen LogP contribution >= 0.6 is 0 Å². The molecule has 0 aliphatic heterocycles. The van der Waals surface area contributed by atoms with Crippen LogP contribution in [0.15, 0.2) is 60.8 Å². The number of nitrogens with one attached hydrogen (secondary N) is 1. The number of allylic oxidation sites excluding steroid dienone is 9. The van der Waals surface area contributed by atoms with Crippen molar-refractivity contribution < 1.29 is 24.2 Å². The quantitative estimate of drug-likeness (QED) is 0.0324. The van der Waals surface area contributed by atoms with Crippen LogP contribution in [0.4, 0.5) is 0 Å². The molecule has 0 bridgehead atoms. The van der Waals surface area contributed by atoms with Crippen molar-refractivity contribution in [2.24, 2.45) is 5.73 Å². The Hall–Kier alpha value is -2.93. The Kier molecular flexibility index (Phi) is 40.0. The molecule has 316 valence electrons. The third-order valence-corrected chi connectivity index (χ3v) is 9.79. The van der Waals surface area contributed by atoms with Crippen molar-refractivity contribution in [3.05, 3.63) is 60.8 Å². The maximum atomic E-state index is 12.8. The lowest BCUT2D eigenvalue weighted by Gasteiger charge is -2.15. The van der Waals surface area contributed by atoms with Crippen molar-refractivity contribution in [3.8, 4) is 0 Å². The van der Waals surface area contributed by atoms with Gasteiger partial charge in [0, 0.05) is 12.8 Å². The number of carbonyl (C=O) groups excluding carboxylic acids is 2. The van der Waals surface area contributed by atoms with Crippen LogP contribution in [-0.4, -0.2) is 41.6 Å². The van der Waals surface area contributed by atoms with E-state index in [1.807, 2.05) is 0 Å². The van der Waals surface area contributed by atoms with Gasteiger partial charge in [0.2, 0.25) is 5.91 Å². The van der Waals surface area contributed by atoms with Crippen molar-refractivity contribution in [1.29, 1.82) is 0 Å². The Labute approximate surface area is 338 Å². The van der Waals surface area contributed by atoms with Gasteiger partial charge < -0.3 is 20.9 Å². The standard InChI is InChI=1S/C48H84N2O5/c1-3-5-7-9-11-13-15-16-17-18-19-20-21-23-25-27-32-36-42-47(52)55-44(38-33-29-26-24-22-14-12-10-8-6-4-2)39-34-30-28-31-35-41-46(51)50-45(48(53)54)40-37-43-49/h12-15,17-18,24,26,33,38,44-45H,3-11,16,19-23,25,27-32,34-37,39-43,49H2,1-2H3,(H,50,51)(H,53,54)/b14-12-,15-13-,18-17-,26-24-,38-33-. The number of nitrogens with two attached hydrogens (primary N) is 1. The predicted octanol–water partition coefficient (Wildman–Crippen LogP) is 13.0. The molecule has 0 aromatic heterocycles. The van der Waals surface area contributed by atoms with E-state index < -0.39 is 12.0 Å². The molecular formula is C48H84N2O5. The zero-order valence-electron chi connectivity index (χ0n) is 35.5. The second-order valence-corrected chi connectivity index (χ2v) is 15.1. The largest absolute Gasteiger partial charge is 0.480 e. The number of unbranched alkanes of at least 4 members (excludes halogenated alkanes) is 18. The minimum Gasteiger partial charge on any atom is -0.480 e. The SMILES string of the molecule is CCCCC/C=C\C/C=C\C/C=C\C(CCCCCCCC(=O)NC(CCCN)C(=O)O)OC(=O)CCCCCCCCC/C=C\C/C=C\CCCCCC. The lowest BCUT2D eigenvalue weighted by atomic mass is 10.1. The van der Waals surface area contributed by atoms with Gasteiger partial charge in [0.1, 0.15) is 12.1 Å². The topological polar surface area (TPSA) is 119 Å². The number of hydrogen-bond acceptors (Lipinski definition) is 5.